The Bertz CT molecular complexity index is 474. The van der Waals surface area contributed by atoms with Crippen LogP contribution in [0.3, 0.4) is 0 Å². The molecule has 1 heterocycles. The molecule has 0 radical (unpaired) electrons. The summed E-state index contributed by atoms with van der Waals surface area (Å²) < 4.78 is 5.60. The lowest BCUT2D eigenvalue weighted by molar-refractivity contribution is 0.426. The Morgan fingerprint density at radius 1 is 1.27 bits per heavy atom. The second-order valence-corrected chi connectivity index (χ2v) is 3.94. The fourth-order valence-electron chi connectivity index (χ4n) is 1.61. The summed E-state index contributed by atoms with van der Waals surface area (Å²) in [6, 6.07) is 7.14. The molecule has 0 bridgehead atoms. The van der Waals surface area contributed by atoms with Crippen molar-refractivity contribution < 1.29 is 14.5 Å². The summed E-state index contributed by atoms with van der Waals surface area (Å²) in [6.45, 7) is 4.07. The van der Waals surface area contributed by atoms with E-state index in [4.69, 9.17) is 4.42 Å². The zero-order valence-electron chi connectivity index (χ0n) is 8.77. The molecule has 0 aliphatic rings. The summed E-state index contributed by atoms with van der Waals surface area (Å²) in [5.74, 6) is 1.15. The van der Waals surface area contributed by atoms with Crippen LogP contribution < -0.4 is 5.46 Å². The lowest BCUT2D eigenvalue weighted by Crippen LogP contribution is -2.29. The zero-order valence-corrected chi connectivity index (χ0v) is 8.77. The van der Waals surface area contributed by atoms with Crippen LogP contribution in [-0.4, -0.2) is 17.2 Å². The molecular formula is C11H13BO3. The Balaban J connectivity index is 2.64. The van der Waals surface area contributed by atoms with Crippen molar-refractivity contribution in [3.8, 4) is 0 Å². The first-order valence-corrected chi connectivity index (χ1v) is 4.98. The monoisotopic (exact) mass is 204 g/mol. The molecule has 0 aliphatic carbocycles. The maximum atomic E-state index is 9.18. The van der Waals surface area contributed by atoms with Crippen LogP contribution in [0.1, 0.15) is 25.5 Å². The molecule has 1 aromatic carbocycles. The fourth-order valence-corrected chi connectivity index (χ4v) is 1.61. The van der Waals surface area contributed by atoms with E-state index < -0.39 is 7.12 Å². The van der Waals surface area contributed by atoms with Gasteiger partial charge in [-0.15, -0.1) is 0 Å². The summed E-state index contributed by atoms with van der Waals surface area (Å²) in [5.41, 5.74) is 1.19. The standard InChI is InChI=1S/C11H13BO3/c1-7(2)11-6-8-9(12(13)14)4-3-5-10(8)15-11/h3-7,13-14H,1-2H3. The third kappa shape index (κ3) is 1.78. The van der Waals surface area contributed by atoms with E-state index in [0.717, 1.165) is 11.1 Å². The average Bonchev–Trinajstić information content (AvgIpc) is 2.60. The van der Waals surface area contributed by atoms with Crippen LogP contribution in [-0.2, 0) is 0 Å². The largest absolute Gasteiger partial charge is 0.489 e. The van der Waals surface area contributed by atoms with Gasteiger partial charge in [0, 0.05) is 11.3 Å². The van der Waals surface area contributed by atoms with Gasteiger partial charge in [-0.1, -0.05) is 26.0 Å². The van der Waals surface area contributed by atoms with E-state index in [0.29, 0.717) is 17.0 Å². The summed E-state index contributed by atoms with van der Waals surface area (Å²) in [7, 11) is -1.45. The third-order valence-electron chi connectivity index (χ3n) is 2.46. The van der Waals surface area contributed by atoms with Gasteiger partial charge in [0.25, 0.3) is 0 Å². The van der Waals surface area contributed by atoms with E-state index in [1.54, 1.807) is 12.1 Å². The molecule has 2 N–H and O–H groups in total. The van der Waals surface area contributed by atoms with Crippen molar-refractivity contribution in [2.24, 2.45) is 0 Å². The molecule has 3 nitrogen and oxygen atoms in total. The van der Waals surface area contributed by atoms with E-state index >= 15 is 0 Å². The van der Waals surface area contributed by atoms with Crippen LogP contribution in [0.2, 0.25) is 0 Å². The number of hydrogen-bond acceptors (Lipinski definition) is 3. The van der Waals surface area contributed by atoms with Crippen LogP contribution in [0.25, 0.3) is 11.0 Å². The fraction of sp³-hybridized carbons (Fsp3) is 0.273. The minimum atomic E-state index is -1.45. The molecule has 2 aromatic rings. The van der Waals surface area contributed by atoms with Gasteiger partial charge in [0.05, 0.1) is 0 Å². The van der Waals surface area contributed by atoms with Crippen molar-refractivity contribution in [1.29, 1.82) is 0 Å². The highest BCUT2D eigenvalue weighted by Crippen LogP contribution is 2.23. The lowest BCUT2D eigenvalue weighted by atomic mass is 9.78. The SMILES string of the molecule is CC(C)c1cc2c(B(O)O)cccc2o1. The highest BCUT2D eigenvalue weighted by Gasteiger charge is 2.17. The minimum Gasteiger partial charge on any atom is -0.461 e. The number of fused-ring (bicyclic) bond motifs is 1. The zero-order chi connectivity index (χ0) is 11.0. The topological polar surface area (TPSA) is 53.6 Å². The van der Waals surface area contributed by atoms with E-state index in [1.807, 2.05) is 26.0 Å². The normalized spacial score (nSPS) is 11.3. The van der Waals surface area contributed by atoms with Gasteiger partial charge in [-0.05, 0) is 17.6 Å². The quantitative estimate of drug-likeness (QED) is 0.723. The summed E-state index contributed by atoms with van der Waals surface area (Å²) in [5, 5.41) is 19.1. The van der Waals surface area contributed by atoms with Gasteiger partial charge in [-0.2, -0.15) is 0 Å². The molecule has 0 fully saturated rings. The number of rotatable bonds is 2. The van der Waals surface area contributed by atoms with Gasteiger partial charge in [-0.25, -0.2) is 0 Å². The van der Waals surface area contributed by atoms with E-state index in [2.05, 4.69) is 0 Å². The van der Waals surface area contributed by atoms with E-state index in [-0.39, 0.29) is 0 Å². The molecule has 0 aliphatic heterocycles. The number of furan rings is 1. The maximum Gasteiger partial charge on any atom is 0.489 e. The van der Waals surface area contributed by atoms with Crippen LogP contribution in [0.4, 0.5) is 0 Å². The molecule has 1 aromatic heterocycles. The van der Waals surface area contributed by atoms with E-state index in [1.165, 1.54) is 0 Å². The Morgan fingerprint density at radius 2 is 2.00 bits per heavy atom. The van der Waals surface area contributed by atoms with Crippen LogP contribution in [0, 0.1) is 0 Å². The summed E-state index contributed by atoms with van der Waals surface area (Å²) >= 11 is 0. The first-order chi connectivity index (χ1) is 7.09. The smallest absolute Gasteiger partial charge is 0.461 e. The minimum absolute atomic E-state index is 0.293. The van der Waals surface area contributed by atoms with Crippen LogP contribution in [0.15, 0.2) is 28.7 Å². The predicted molar refractivity (Wildman–Crippen MR) is 60.1 cm³/mol. The second-order valence-electron chi connectivity index (χ2n) is 3.94. The van der Waals surface area contributed by atoms with Crippen molar-refractivity contribution in [1.82, 2.24) is 0 Å². The molecule has 2 rings (SSSR count). The molecule has 0 saturated carbocycles. The van der Waals surface area contributed by atoms with Gasteiger partial charge in [0.15, 0.2) is 0 Å². The summed E-state index contributed by atoms with van der Waals surface area (Å²) in [4.78, 5) is 0. The van der Waals surface area contributed by atoms with Crippen molar-refractivity contribution >= 4 is 23.6 Å². The van der Waals surface area contributed by atoms with Crippen molar-refractivity contribution in [3.05, 3.63) is 30.0 Å². The molecule has 15 heavy (non-hydrogen) atoms. The first kappa shape index (κ1) is 10.3. The molecule has 0 saturated heterocycles. The van der Waals surface area contributed by atoms with Gasteiger partial charge >= 0.3 is 7.12 Å². The van der Waals surface area contributed by atoms with Gasteiger partial charge in [0.2, 0.25) is 0 Å². The molecule has 0 unspecified atom stereocenters. The van der Waals surface area contributed by atoms with Crippen LogP contribution >= 0.6 is 0 Å². The van der Waals surface area contributed by atoms with Gasteiger partial charge in [-0.3, -0.25) is 0 Å². The van der Waals surface area contributed by atoms with E-state index in [9.17, 15) is 10.0 Å². The molecule has 0 atom stereocenters. The summed E-state index contributed by atoms with van der Waals surface area (Å²) in [6.07, 6.45) is 0. The second kappa shape index (κ2) is 3.72. The Morgan fingerprint density at radius 3 is 2.60 bits per heavy atom. The van der Waals surface area contributed by atoms with Crippen molar-refractivity contribution in [2.75, 3.05) is 0 Å². The highest BCUT2D eigenvalue weighted by molar-refractivity contribution is 6.61. The molecule has 4 heteroatoms. The average molecular weight is 204 g/mol. The Hall–Kier alpha value is -1.26. The third-order valence-corrected chi connectivity index (χ3v) is 2.46. The molecular weight excluding hydrogens is 191 g/mol. The Labute approximate surface area is 88.5 Å². The highest BCUT2D eigenvalue weighted by atomic mass is 16.4. The van der Waals surface area contributed by atoms with Crippen molar-refractivity contribution in [2.45, 2.75) is 19.8 Å². The van der Waals surface area contributed by atoms with Gasteiger partial charge in [0.1, 0.15) is 11.3 Å². The van der Waals surface area contributed by atoms with Crippen LogP contribution in [0.5, 0.6) is 0 Å². The molecule has 0 amide bonds. The Kier molecular flexibility index (Phi) is 2.55. The molecule has 0 spiro atoms. The molecule has 78 valence electrons. The number of benzene rings is 1. The predicted octanol–water partition coefficient (Wildman–Crippen LogP) is 1.24. The first-order valence-electron chi connectivity index (χ1n) is 4.98. The number of hydrogen-bond donors (Lipinski definition) is 2. The maximum absolute atomic E-state index is 9.18. The lowest BCUT2D eigenvalue weighted by Gasteiger charge is -1.98. The van der Waals surface area contributed by atoms with Gasteiger partial charge < -0.3 is 14.5 Å². The van der Waals surface area contributed by atoms with Crippen molar-refractivity contribution in [3.63, 3.8) is 0 Å².